The molecule has 5 heterocycles. The Bertz CT molecular complexity index is 1040. The van der Waals surface area contributed by atoms with Crippen molar-refractivity contribution in [1.29, 1.82) is 0 Å². The van der Waals surface area contributed by atoms with E-state index in [1.54, 1.807) is 24.7 Å². The van der Waals surface area contributed by atoms with Crippen LogP contribution in [-0.2, 0) is 6.42 Å². The SMILES string of the molecule is CC1c2cnc(-c3ncccn3)nc2CCN1c1cc(N2CC(F)C2)cc(F)n1. The first-order valence-corrected chi connectivity index (χ1v) is 9.55. The molecule has 0 amide bonds. The number of hydrogen-bond donors (Lipinski definition) is 0. The molecule has 148 valence electrons. The maximum Gasteiger partial charge on any atom is 0.216 e. The number of anilines is 2. The third-order valence-electron chi connectivity index (χ3n) is 5.43. The van der Waals surface area contributed by atoms with Gasteiger partial charge < -0.3 is 9.80 Å². The fourth-order valence-corrected chi connectivity index (χ4v) is 3.83. The van der Waals surface area contributed by atoms with Crippen LogP contribution in [-0.4, -0.2) is 50.7 Å². The molecule has 9 heteroatoms. The lowest BCUT2D eigenvalue weighted by atomic mass is 9.99. The standard InChI is InChI=1S/C20H19F2N7/c1-12-15-9-25-20(19-23-4-2-5-24-19)26-16(15)3-6-29(12)18-8-14(7-17(22)27-18)28-10-13(21)11-28/h2,4-5,7-9,12-13H,3,6,10-11H2,1H3. The molecular weight excluding hydrogens is 376 g/mol. The zero-order valence-corrected chi connectivity index (χ0v) is 15.8. The van der Waals surface area contributed by atoms with Crippen LogP contribution in [0, 0.1) is 5.95 Å². The van der Waals surface area contributed by atoms with E-state index in [0.29, 0.717) is 49.2 Å². The lowest BCUT2D eigenvalue weighted by Crippen LogP contribution is -2.48. The van der Waals surface area contributed by atoms with Gasteiger partial charge in [-0.1, -0.05) is 0 Å². The van der Waals surface area contributed by atoms with Crippen molar-refractivity contribution in [3.8, 4) is 11.6 Å². The molecule has 2 aliphatic heterocycles. The average Bonchev–Trinajstić information content (AvgIpc) is 2.71. The van der Waals surface area contributed by atoms with Gasteiger partial charge in [-0.15, -0.1) is 0 Å². The highest BCUT2D eigenvalue weighted by Crippen LogP contribution is 2.34. The predicted octanol–water partition coefficient (Wildman–Crippen LogP) is 2.75. The minimum Gasteiger partial charge on any atom is -0.365 e. The van der Waals surface area contributed by atoms with E-state index in [1.807, 2.05) is 22.8 Å². The van der Waals surface area contributed by atoms with E-state index in [0.717, 1.165) is 11.3 Å². The van der Waals surface area contributed by atoms with Gasteiger partial charge in [0.25, 0.3) is 0 Å². The zero-order chi connectivity index (χ0) is 20.0. The maximum absolute atomic E-state index is 14.2. The van der Waals surface area contributed by atoms with E-state index < -0.39 is 12.1 Å². The summed E-state index contributed by atoms with van der Waals surface area (Å²) in [7, 11) is 0. The van der Waals surface area contributed by atoms with Gasteiger partial charge in [-0.3, -0.25) is 0 Å². The number of rotatable bonds is 3. The summed E-state index contributed by atoms with van der Waals surface area (Å²) in [5.74, 6) is 0.957. The quantitative estimate of drug-likeness (QED) is 0.632. The van der Waals surface area contributed by atoms with Gasteiger partial charge in [0.05, 0.1) is 24.8 Å². The molecule has 29 heavy (non-hydrogen) atoms. The van der Waals surface area contributed by atoms with Crippen LogP contribution < -0.4 is 9.80 Å². The molecule has 7 nitrogen and oxygen atoms in total. The first-order valence-electron chi connectivity index (χ1n) is 9.55. The van der Waals surface area contributed by atoms with Crippen LogP contribution in [0.1, 0.15) is 24.2 Å². The largest absolute Gasteiger partial charge is 0.365 e. The molecule has 2 aliphatic rings. The number of halogens is 2. The molecule has 0 saturated carbocycles. The first-order chi connectivity index (χ1) is 14.1. The van der Waals surface area contributed by atoms with Gasteiger partial charge in [-0.2, -0.15) is 4.39 Å². The van der Waals surface area contributed by atoms with Crippen LogP contribution in [0.25, 0.3) is 11.6 Å². The normalized spacial score (nSPS) is 19.1. The number of alkyl halides is 1. The molecule has 0 aromatic carbocycles. The molecule has 1 saturated heterocycles. The van der Waals surface area contributed by atoms with Crippen molar-refractivity contribution in [2.45, 2.75) is 25.6 Å². The minimum atomic E-state index is -0.851. The zero-order valence-electron chi connectivity index (χ0n) is 15.8. The highest BCUT2D eigenvalue weighted by molar-refractivity contribution is 5.58. The molecule has 3 aromatic rings. The highest BCUT2D eigenvalue weighted by atomic mass is 19.1. The monoisotopic (exact) mass is 395 g/mol. The fraction of sp³-hybridized carbons (Fsp3) is 0.350. The van der Waals surface area contributed by atoms with E-state index >= 15 is 0 Å². The van der Waals surface area contributed by atoms with Crippen LogP contribution in [0.5, 0.6) is 0 Å². The molecule has 1 unspecified atom stereocenters. The smallest absolute Gasteiger partial charge is 0.216 e. The Morgan fingerprint density at radius 1 is 1.03 bits per heavy atom. The third-order valence-corrected chi connectivity index (χ3v) is 5.43. The van der Waals surface area contributed by atoms with E-state index in [-0.39, 0.29) is 6.04 Å². The van der Waals surface area contributed by atoms with Crippen molar-refractivity contribution in [2.75, 3.05) is 29.4 Å². The Hall–Kier alpha value is -3.23. The second-order valence-corrected chi connectivity index (χ2v) is 7.30. The summed E-state index contributed by atoms with van der Waals surface area (Å²) in [6.07, 6.45) is 4.92. The van der Waals surface area contributed by atoms with Gasteiger partial charge in [0.15, 0.2) is 11.6 Å². The summed E-state index contributed by atoms with van der Waals surface area (Å²) >= 11 is 0. The van der Waals surface area contributed by atoms with Gasteiger partial charge >= 0.3 is 0 Å². The van der Waals surface area contributed by atoms with Crippen LogP contribution >= 0.6 is 0 Å². The fourth-order valence-electron chi connectivity index (χ4n) is 3.83. The molecule has 0 bridgehead atoms. The lowest BCUT2D eigenvalue weighted by molar-refractivity contribution is 0.274. The van der Waals surface area contributed by atoms with Crippen LogP contribution in [0.2, 0.25) is 0 Å². The van der Waals surface area contributed by atoms with Gasteiger partial charge in [-0.05, 0) is 13.0 Å². The molecule has 3 aromatic heterocycles. The lowest BCUT2D eigenvalue weighted by Gasteiger charge is -2.38. The molecule has 1 atom stereocenters. The summed E-state index contributed by atoms with van der Waals surface area (Å²) in [5, 5.41) is 0. The molecule has 0 aliphatic carbocycles. The van der Waals surface area contributed by atoms with Crippen LogP contribution in [0.4, 0.5) is 20.3 Å². The number of pyridine rings is 1. The number of hydrogen-bond acceptors (Lipinski definition) is 7. The van der Waals surface area contributed by atoms with Crippen LogP contribution in [0.3, 0.4) is 0 Å². The Morgan fingerprint density at radius 3 is 2.59 bits per heavy atom. The Morgan fingerprint density at radius 2 is 1.83 bits per heavy atom. The average molecular weight is 395 g/mol. The summed E-state index contributed by atoms with van der Waals surface area (Å²) in [6.45, 7) is 3.24. The van der Waals surface area contributed by atoms with Crippen molar-refractivity contribution < 1.29 is 8.78 Å². The van der Waals surface area contributed by atoms with Gasteiger partial charge in [-0.25, -0.2) is 29.3 Å². The first kappa shape index (κ1) is 17.8. The van der Waals surface area contributed by atoms with Crippen LogP contribution in [0.15, 0.2) is 36.8 Å². The number of aromatic nitrogens is 5. The maximum atomic E-state index is 14.2. The van der Waals surface area contributed by atoms with Gasteiger partial charge in [0, 0.05) is 54.9 Å². The number of nitrogens with zero attached hydrogens (tertiary/aromatic N) is 7. The predicted molar refractivity (Wildman–Crippen MR) is 104 cm³/mol. The van der Waals surface area contributed by atoms with Crippen molar-refractivity contribution in [2.24, 2.45) is 0 Å². The van der Waals surface area contributed by atoms with E-state index in [2.05, 4.69) is 24.9 Å². The van der Waals surface area contributed by atoms with Crippen molar-refractivity contribution in [3.05, 3.63) is 54.0 Å². The number of fused-ring (bicyclic) bond motifs is 1. The molecule has 0 radical (unpaired) electrons. The molecular formula is C20H19F2N7. The van der Waals surface area contributed by atoms with Crippen molar-refractivity contribution in [3.63, 3.8) is 0 Å². The third kappa shape index (κ3) is 3.26. The Balaban J connectivity index is 1.44. The summed E-state index contributed by atoms with van der Waals surface area (Å²) < 4.78 is 27.4. The summed E-state index contributed by atoms with van der Waals surface area (Å²) in [4.78, 5) is 25.4. The van der Waals surface area contributed by atoms with Gasteiger partial charge in [0.2, 0.25) is 5.95 Å². The van der Waals surface area contributed by atoms with E-state index in [1.165, 1.54) is 6.07 Å². The van der Waals surface area contributed by atoms with Crippen molar-refractivity contribution in [1.82, 2.24) is 24.9 Å². The Kier molecular flexibility index (Phi) is 4.30. The second kappa shape index (κ2) is 6.98. The highest BCUT2D eigenvalue weighted by Gasteiger charge is 2.30. The van der Waals surface area contributed by atoms with Gasteiger partial charge in [0.1, 0.15) is 12.0 Å². The van der Waals surface area contributed by atoms with Crippen molar-refractivity contribution >= 4 is 11.5 Å². The molecule has 5 rings (SSSR count). The van der Waals surface area contributed by atoms with E-state index in [4.69, 9.17) is 0 Å². The summed E-state index contributed by atoms with van der Waals surface area (Å²) in [6, 6.07) is 4.85. The minimum absolute atomic E-state index is 0.0723. The summed E-state index contributed by atoms with van der Waals surface area (Å²) in [5.41, 5.74) is 2.56. The molecule has 0 spiro atoms. The second-order valence-electron chi connectivity index (χ2n) is 7.30. The molecule has 0 N–H and O–H groups in total. The topological polar surface area (TPSA) is 70.9 Å². The molecule has 1 fully saturated rings. The Labute approximate surface area is 166 Å². The van der Waals surface area contributed by atoms with E-state index in [9.17, 15) is 8.78 Å².